The zero-order valence-electron chi connectivity index (χ0n) is 9.64. The number of aryl methyl sites for hydroxylation is 1. The SMILES string of the molecule is COc1cc(F)ccc1NCc1nncn1C. The van der Waals surface area contributed by atoms with Crippen LogP contribution in [0.5, 0.6) is 5.75 Å². The molecule has 2 aromatic rings. The summed E-state index contributed by atoms with van der Waals surface area (Å²) in [7, 11) is 3.36. The normalized spacial score (nSPS) is 10.3. The molecular weight excluding hydrogens is 223 g/mol. The summed E-state index contributed by atoms with van der Waals surface area (Å²) in [5.41, 5.74) is 0.719. The lowest BCUT2D eigenvalue weighted by Gasteiger charge is -2.10. The van der Waals surface area contributed by atoms with Crippen LogP contribution in [0.15, 0.2) is 24.5 Å². The van der Waals surface area contributed by atoms with Crippen molar-refractivity contribution in [1.29, 1.82) is 0 Å². The molecule has 0 saturated heterocycles. The Morgan fingerprint density at radius 2 is 2.29 bits per heavy atom. The van der Waals surface area contributed by atoms with E-state index in [-0.39, 0.29) is 5.82 Å². The monoisotopic (exact) mass is 236 g/mol. The van der Waals surface area contributed by atoms with E-state index in [2.05, 4.69) is 15.5 Å². The van der Waals surface area contributed by atoms with Crippen LogP contribution < -0.4 is 10.1 Å². The quantitative estimate of drug-likeness (QED) is 0.875. The van der Waals surface area contributed by atoms with E-state index in [4.69, 9.17) is 4.74 Å². The Kier molecular flexibility index (Phi) is 3.22. The first-order valence-electron chi connectivity index (χ1n) is 5.11. The molecule has 0 amide bonds. The predicted octanol–water partition coefficient (Wildman–Crippen LogP) is 1.57. The highest BCUT2D eigenvalue weighted by molar-refractivity contribution is 5.56. The summed E-state index contributed by atoms with van der Waals surface area (Å²) in [6, 6.07) is 4.34. The van der Waals surface area contributed by atoms with E-state index >= 15 is 0 Å². The molecule has 0 radical (unpaired) electrons. The second-order valence-electron chi connectivity index (χ2n) is 3.56. The molecule has 5 nitrogen and oxygen atoms in total. The van der Waals surface area contributed by atoms with Crippen molar-refractivity contribution >= 4 is 5.69 Å². The number of aromatic nitrogens is 3. The molecular formula is C11H13FN4O. The minimum absolute atomic E-state index is 0.328. The molecule has 2 rings (SSSR count). The summed E-state index contributed by atoms with van der Waals surface area (Å²) in [5, 5.41) is 10.8. The summed E-state index contributed by atoms with van der Waals surface area (Å²) in [4.78, 5) is 0. The zero-order valence-corrected chi connectivity index (χ0v) is 9.64. The molecule has 0 aliphatic heterocycles. The number of nitrogens with zero attached hydrogens (tertiary/aromatic N) is 3. The standard InChI is InChI=1S/C11H13FN4O/c1-16-7-14-15-11(16)6-13-9-4-3-8(12)5-10(9)17-2/h3-5,7,13H,6H2,1-2H3. The van der Waals surface area contributed by atoms with Crippen molar-refractivity contribution in [1.82, 2.24) is 14.8 Å². The van der Waals surface area contributed by atoms with Crippen molar-refractivity contribution in [3.05, 3.63) is 36.2 Å². The Hall–Kier alpha value is -2.11. The van der Waals surface area contributed by atoms with E-state index in [1.807, 2.05) is 11.6 Å². The first-order valence-corrected chi connectivity index (χ1v) is 5.11. The zero-order chi connectivity index (χ0) is 12.3. The van der Waals surface area contributed by atoms with Gasteiger partial charge in [0.1, 0.15) is 17.9 Å². The van der Waals surface area contributed by atoms with Crippen LogP contribution in [0, 0.1) is 5.82 Å². The third-order valence-electron chi connectivity index (χ3n) is 2.41. The molecule has 90 valence electrons. The highest BCUT2D eigenvalue weighted by atomic mass is 19.1. The Morgan fingerprint density at radius 1 is 1.47 bits per heavy atom. The van der Waals surface area contributed by atoms with Gasteiger partial charge in [0.15, 0.2) is 5.82 Å². The van der Waals surface area contributed by atoms with Crippen LogP contribution in [-0.4, -0.2) is 21.9 Å². The van der Waals surface area contributed by atoms with Gasteiger partial charge in [0, 0.05) is 13.1 Å². The van der Waals surface area contributed by atoms with Crippen LogP contribution in [-0.2, 0) is 13.6 Å². The van der Waals surface area contributed by atoms with Gasteiger partial charge in [-0.15, -0.1) is 10.2 Å². The molecule has 6 heteroatoms. The van der Waals surface area contributed by atoms with E-state index in [1.165, 1.54) is 19.2 Å². The number of hydrogen-bond acceptors (Lipinski definition) is 4. The number of methoxy groups -OCH3 is 1. The van der Waals surface area contributed by atoms with E-state index in [1.54, 1.807) is 12.4 Å². The number of nitrogens with one attached hydrogen (secondary N) is 1. The van der Waals surface area contributed by atoms with E-state index in [9.17, 15) is 4.39 Å². The van der Waals surface area contributed by atoms with Crippen molar-refractivity contribution in [3.63, 3.8) is 0 Å². The molecule has 0 aliphatic rings. The molecule has 1 aromatic carbocycles. The molecule has 0 bridgehead atoms. The fraction of sp³-hybridized carbons (Fsp3) is 0.273. The third kappa shape index (κ3) is 2.52. The lowest BCUT2D eigenvalue weighted by Crippen LogP contribution is -2.06. The minimum atomic E-state index is -0.328. The van der Waals surface area contributed by atoms with Gasteiger partial charge in [0.2, 0.25) is 0 Å². The summed E-state index contributed by atoms with van der Waals surface area (Å²) in [6.45, 7) is 0.499. The number of rotatable bonds is 4. The first-order chi connectivity index (χ1) is 8.20. The van der Waals surface area contributed by atoms with Gasteiger partial charge in [-0.3, -0.25) is 0 Å². The highest BCUT2D eigenvalue weighted by Gasteiger charge is 2.06. The van der Waals surface area contributed by atoms with Crippen molar-refractivity contribution in [2.24, 2.45) is 7.05 Å². The van der Waals surface area contributed by atoms with Gasteiger partial charge in [-0.25, -0.2) is 4.39 Å². The molecule has 0 aliphatic carbocycles. The predicted molar refractivity (Wildman–Crippen MR) is 61.3 cm³/mol. The minimum Gasteiger partial charge on any atom is -0.494 e. The van der Waals surface area contributed by atoms with Gasteiger partial charge in [-0.1, -0.05) is 0 Å². The molecule has 0 spiro atoms. The van der Waals surface area contributed by atoms with Crippen molar-refractivity contribution in [2.45, 2.75) is 6.54 Å². The molecule has 0 unspecified atom stereocenters. The Morgan fingerprint density at radius 3 is 2.94 bits per heavy atom. The average Bonchev–Trinajstić information content (AvgIpc) is 2.73. The van der Waals surface area contributed by atoms with Crippen molar-refractivity contribution in [3.8, 4) is 5.75 Å². The van der Waals surface area contributed by atoms with Gasteiger partial charge in [-0.2, -0.15) is 0 Å². The lowest BCUT2D eigenvalue weighted by atomic mass is 10.3. The van der Waals surface area contributed by atoms with Crippen LogP contribution in [0.25, 0.3) is 0 Å². The number of anilines is 1. The van der Waals surface area contributed by atoms with E-state index < -0.39 is 0 Å². The van der Waals surface area contributed by atoms with Crippen LogP contribution in [0.3, 0.4) is 0 Å². The van der Waals surface area contributed by atoms with Crippen LogP contribution in [0.1, 0.15) is 5.82 Å². The van der Waals surface area contributed by atoms with Crippen molar-refractivity contribution in [2.75, 3.05) is 12.4 Å². The van der Waals surface area contributed by atoms with E-state index in [0.29, 0.717) is 12.3 Å². The molecule has 17 heavy (non-hydrogen) atoms. The van der Waals surface area contributed by atoms with Gasteiger partial charge in [0.25, 0.3) is 0 Å². The highest BCUT2D eigenvalue weighted by Crippen LogP contribution is 2.25. The first kappa shape index (κ1) is 11.4. The molecule has 1 aromatic heterocycles. The maximum Gasteiger partial charge on any atom is 0.151 e. The topological polar surface area (TPSA) is 52.0 Å². The lowest BCUT2D eigenvalue weighted by molar-refractivity contribution is 0.413. The van der Waals surface area contributed by atoms with Gasteiger partial charge >= 0.3 is 0 Å². The summed E-state index contributed by atoms with van der Waals surface area (Å²) >= 11 is 0. The third-order valence-corrected chi connectivity index (χ3v) is 2.41. The number of hydrogen-bond donors (Lipinski definition) is 1. The smallest absolute Gasteiger partial charge is 0.151 e. The van der Waals surface area contributed by atoms with Crippen LogP contribution in [0.4, 0.5) is 10.1 Å². The van der Waals surface area contributed by atoms with Crippen LogP contribution in [0.2, 0.25) is 0 Å². The van der Waals surface area contributed by atoms with Gasteiger partial charge in [0.05, 0.1) is 19.3 Å². The Balaban J connectivity index is 2.11. The second kappa shape index (κ2) is 4.82. The van der Waals surface area contributed by atoms with Crippen molar-refractivity contribution < 1.29 is 9.13 Å². The number of ether oxygens (including phenoxy) is 1. The van der Waals surface area contributed by atoms with Gasteiger partial charge in [-0.05, 0) is 12.1 Å². The maximum atomic E-state index is 13.0. The Labute approximate surface area is 98.2 Å². The fourth-order valence-corrected chi connectivity index (χ4v) is 1.45. The number of benzene rings is 1. The molecule has 1 N–H and O–H groups in total. The fourth-order valence-electron chi connectivity index (χ4n) is 1.45. The molecule has 1 heterocycles. The Bertz CT molecular complexity index is 512. The summed E-state index contributed by atoms with van der Waals surface area (Å²) in [5.74, 6) is 0.926. The molecule has 0 atom stereocenters. The maximum absolute atomic E-state index is 13.0. The summed E-state index contributed by atoms with van der Waals surface area (Å²) in [6.07, 6.45) is 1.62. The van der Waals surface area contributed by atoms with Crippen LogP contribution >= 0.6 is 0 Å². The second-order valence-corrected chi connectivity index (χ2v) is 3.56. The largest absolute Gasteiger partial charge is 0.494 e. The molecule has 0 saturated carbocycles. The average molecular weight is 236 g/mol. The molecule has 0 fully saturated rings. The van der Waals surface area contributed by atoms with Gasteiger partial charge < -0.3 is 14.6 Å². The number of halogens is 1. The summed E-state index contributed by atoms with van der Waals surface area (Å²) < 4.78 is 19.9. The van der Waals surface area contributed by atoms with E-state index in [0.717, 1.165) is 11.5 Å².